The molecule has 0 spiro atoms. The van der Waals surface area contributed by atoms with Crippen LogP contribution in [0.5, 0.6) is 0 Å². The van der Waals surface area contributed by atoms with Crippen molar-refractivity contribution in [1.82, 2.24) is 25.5 Å². The molecule has 0 saturated carbocycles. The van der Waals surface area contributed by atoms with Crippen molar-refractivity contribution < 1.29 is 4.79 Å². The Morgan fingerprint density at radius 3 is 2.77 bits per heavy atom. The van der Waals surface area contributed by atoms with E-state index in [1.807, 2.05) is 18.2 Å². The number of hydrogen-bond acceptors (Lipinski definition) is 6. The Hall–Kier alpha value is -3.09. The van der Waals surface area contributed by atoms with Gasteiger partial charge in [-0.3, -0.25) is 4.79 Å². The third-order valence-electron chi connectivity index (χ3n) is 4.83. The van der Waals surface area contributed by atoms with Crippen molar-refractivity contribution in [1.29, 1.82) is 0 Å². The minimum absolute atomic E-state index is 0.0934. The van der Waals surface area contributed by atoms with Gasteiger partial charge in [0, 0.05) is 25.0 Å². The molecule has 1 amide bonds. The summed E-state index contributed by atoms with van der Waals surface area (Å²) in [6.07, 6.45) is 6.69. The highest BCUT2D eigenvalue weighted by Crippen LogP contribution is 2.27. The van der Waals surface area contributed by atoms with Crippen LogP contribution in [0.3, 0.4) is 0 Å². The van der Waals surface area contributed by atoms with Gasteiger partial charge in [-0.1, -0.05) is 12.1 Å². The maximum Gasteiger partial charge on any atom is 0.252 e. The van der Waals surface area contributed by atoms with Gasteiger partial charge >= 0.3 is 0 Å². The third kappa shape index (κ3) is 3.46. The fourth-order valence-corrected chi connectivity index (χ4v) is 3.36. The summed E-state index contributed by atoms with van der Waals surface area (Å²) in [5.41, 5.74) is 1.52. The van der Waals surface area contributed by atoms with Crippen molar-refractivity contribution in [2.45, 2.75) is 12.8 Å². The minimum Gasteiger partial charge on any atom is -0.356 e. The number of amides is 1. The molecule has 0 unspecified atom stereocenters. The van der Waals surface area contributed by atoms with E-state index in [1.165, 1.54) is 12.4 Å². The summed E-state index contributed by atoms with van der Waals surface area (Å²) in [6, 6.07) is 9.76. The maximum absolute atomic E-state index is 12.1. The molecule has 132 valence electrons. The Morgan fingerprint density at radius 1 is 1.12 bits per heavy atom. The molecule has 2 aromatic heterocycles. The van der Waals surface area contributed by atoms with Crippen molar-refractivity contribution in [3.8, 4) is 0 Å². The highest BCUT2D eigenvalue weighted by molar-refractivity contribution is 5.93. The summed E-state index contributed by atoms with van der Waals surface area (Å²) in [5.74, 6) is 1.38. The van der Waals surface area contributed by atoms with Gasteiger partial charge in [0.15, 0.2) is 0 Å². The van der Waals surface area contributed by atoms with E-state index in [0.29, 0.717) is 18.0 Å². The molecule has 7 nitrogen and oxygen atoms in total. The number of carbonyl (C=O) groups excluding carboxylic acids is 1. The van der Waals surface area contributed by atoms with Gasteiger partial charge in [-0.15, -0.1) is 0 Å². The summed E-state index contributed by atoms with van der Waals surface area (Å²) >= 11 is 0. The predicted octanol–water partition coefficient (Wildman–Crippen LogP) is 2.07. The highest BCUT2D eigenvalue weighted by atomic mass is 16.1. The van der Waals surface area contributed by atoms with E-state index in [-0.39, 0.29) is 5.91 Å². The van der Waals surface area contributed by atoms with Crippen molar-refractivity contribution in [2.75, 3.05) is 24.5 Å². The molecule has 0 bridgehead atoms. The third-order valence-corrected chi connectivity index (χ3v) is 4.83. The first-order chi connectivity index (χ1) is 12.8. The molecule has 1 aromatic carbocycles. The zero-order valence-electron chi connectivity index (χ0n) is 14.4. The van der Waals surface area contributed by atoms with Crippen LogP contribution in [0.25, 0.3) is 10.9 Å². The molecule has 7 heteroatoms. The molecule has 3 heterocycles. The van der Waals surface area contributed by atoms with E-state index in [4.69, 9.17) is 0 Å². The highest BCUT2D eigenvalue weighted by Gasteiger charge is 2.22. The van der Waals surface area contributed by atoms with Crippen molar-refractivity contribution in [2.24, 2.45) is 5.92 Å². The summed E-state index contributed by atoms with van der Waals surface area (Å²) < 4.78 is 0. The van der Waals surface area contributed by atoms with Gasteiger partial charge in [-0.2, -0.15) is 10.2 Å². The van der Waals surface area contributed by atoms with E-state index >= 15 is 0 Å². The monoisotopic (exact) mass is 348 g/mol. The fraction of sp³-hybridized carbons (Fsp3) is 0.316. The second kappa shape index (κ2) is 7.43. The average molecular weight is 348 g/mol. The minimum atomic E-state index is -0.0934. The Morgan fingerprint density at radius 2 is 1.96 bits per heavy atom. The lowest BCUT2D eigenvalue weighted by atomic mass is 9.96. The number of rotatable bonds is 4. The summed E-state index contributed by atoms with van der Waals surface area (Å²) in [5, 5.41) is 11.5. The number of hydrogen-bond donors (Lipinski definition) is 1. The molecule has 4 rings (SSSR count). The number of nitrogens with one attached hydrogen (secondary N) is 1. The molecule has 0 radical (unpaired) electrons. The largest absolute Gasteiger partial charge is 0.356 e. The van der Waals surface area contributed by atoms with Gasteiger partial charge in [0.2, 0.25) is 0 Å². The molecular formula is C19H20N6O. The van der Waals surface area contributed by atoms with Crippen LogP contribution in [0, 0.1) is 5.92 Å². The molecule has 0 atom stereocenters. The van der Waals surface area contributed by atoms with Crippen LogP contribution in [0.15, 0.2) is 49.1 Å². The van der Waals surface area contributed by atoms with Gasteiger partial charge in [0.1, 0.15) is 12.1 Å². The summed E-state index contributed by atoms with van der Waals surface area (Å²) in [7, 11) is 0. The molecule has 3 aromatic rings. The zero-order chi connectivity index (χ0) is 17.8. The van der Waals surface area contributed by atoms with E-state index in [0.717, 1.165) is 42.7 Å². The van der Waals surface area contributed by atoms with Crippen LogP contribution in [0.4, 0.5) is 5.82 Å². The molecule has 1 saturated heterocycles. The number of aromatic nitrogens is 4. The Kier molecular flexibility index (Phi) is 4.68. The first-order valence-corrected chi connectivity index (χ1v) is 8.81. The van der Waals surface area contributed by atoms with Crippen LogP contribution < -0.4 is 10.2 Å². The van der Waals surface area contributed by atoms with Crippen molar-refractivity contribution >= 4 is 22.6 Å². The first-order valence-electron chi connectivity index (χ1n) is 8.81. The molecule has 1 fully saturated rings. The number of piperidine rings is 1. The maximum atomic E-state index is 12.1. The van der Waals surface area contributed by atoms with Gasteiger partial charge in [-0.05, 0) is 37.0 Å². The average Bonchev–Trinajstić information content (AvgIpc) is 2.72. The van der Waals surface area contributed by atoms with E-state index in [2.05, 4.69) is 36.4 Å². The number of anilines is 1. The number of para-hydroxylation sites is 1. The number of carbonyl (C=O) groups is 1. The zero-order valence-corrected chi connectivity index (χ0v) is 14.4. The number of fused-ring (bicyclic) bond motifs is 1. The van der Waals surface area contributed by atoms with Gasteiger partial charge in [0.05, 0.1) is 23.5 Å². The quantitative estimate of drug-likeness (QED) is 0.777. The summed E-state index contributed by atoms with van der Waals surface area (Å²) in [6.45, 7) is 2.54. The fourth-order valence-electron chi connectivity index (χ4n) is 3.36. The summed E-state index contributed by atoms with van der Waals surface area (Å²) in [4.78, 5) is 23.3. The van der Waals surface area contributed by atoms with Crippen molar-refractivity contribution in [3.05, 3.63) is 54.6 Å². The lowest BCUT2D eigenvalue weighted by Crippen LogP contribution is -2.39. The second-order valence-electron chi connectivity index (χ2n) is 6.49. The topological polar surface area (TPSA) is 83.9 Å². The number of nitrogens with zero attached hydrogens (tertiary/aromatic N) is 5. The van der Waals surface area contributed by atoms with E-state index in [9.17, 15) is 4.79 Å². The Balaban J connectivity index is 1.35. The van der Waals surface area contributed by atoms with E-state index in [1.54, 1.807) is 12.4 Å². The molecular weight excluding hydrogens is 328 g/mol. The van der Waals surface area contributed by atoms with Crippen molar-refractivity contribution in [3.63, 3.8) is 0 Å². The standard InChI is InChI=1S/C19H20N6O/c26-19(15-5-8-23-24-12-15)20-11-14-6-9-25(10-7-14)18-16-3-1-2-4-17(16)21-13-22-18/h1-5,8,12-14H,6-7,9-11H2,(H,20,26). The lowest BCUT2D eigenvalue weighted by Gasteiger charge is -2.33. The SMILES string of the molecule is O=C(NCC1CCN(c2ncnc3ccccc23)CC1)c1ccnnc1. The molecule has 1 N–H and O–H groups in total. The Bertz CT molecular complexity index is 887. The Labute approximate surface area is 151 Å². The molecule has 1 aliphatic heterocycles. The molecule has 0 aliphatic carbocycles. The lowest BCUT2D eigenvalue weighted by molar-refractivity contribution is 0.0944. The molecule has 1 aliphatic rings. The van der Waals surface area contributed by atoms with Crippen LogP contribution in [0.1, 0.15) is 23.2 Å². The van der Waals surface area contributed by atoms with Crippen LogP contribution in [-0.2, 0) is 0 Å². The molecule has 26 heavy (non-hydrogen) atoms. The van der Waals surface area contributed by atoms with Crippen LogP contribution in [-0.4, -0.2) is 45.7 Å². The smallest absolute Gasteiger partial charge is 0.252 e. The first kappa shape index (κ1) is 16.4. The second-order valence-corrected chi connectivity index (χ2v) is 6.49. The van der Waals surface area contributed by atoms with Gasteiger partial charge in [0.25, 0.3) is 5.91 Å². The van der Waals surface area contributed by atoms with Gasteiger partial charge in [-0.25, -0.2) is 9.97 Å². The van der Waals surface area contributed by atoms with Crippen LogP contribution in [0.2, 0.25) is 0 Å². The predicted molar refractivity (Wildman–Crippen MR) is 98.8 cm³/mol. The normalized spacial score (nSPS) is 15.2. The van der Waals surface area contributed by atoms with E-state index < -0.39 is 0 Å². The van der Waals surface area contributed by atoms with Gasteiger partial charge < -0.3 is 10.2 Å². The van der Waals surface area contributed by atoms with Crippen LogP contribution >= 0.6 is 0 Å². The number of benzene rings is 1.